The van der Waals surface area contributed by atoms with Crippen LogP contribution in [0.1, 0.15) is 36.5 Å². The molecular weight excluding hydrogens is 476 g/mol. The fourth-order valence-electron chi connectivity index (χ4n) is 4.08. The number of nitro groups is 1. The summed E-state index contributed by atoms with van der Waals surface area (Å²) in [4.78, 5) is 45.5. The van der Waals surface area contributed by atoms with Gasteiger partial charge in [-0.3, -0.25) is 20.1 Å². The summed E-state index contributed by atoms with van der Waals surface area (Å²) in [7, 11) is 0. The van der Waals surface area contributed by atoms with Gasteiger partial charge in [0.25, 0.3) is 5.69 Å². The van der Waals surface area contributed by atoms with Crippen LogP contribution < -0.4 is 5.32 Å². The topological polar surface area (TPSA) is 134 Å². The van der Waals surface area contributed by atoms with Crippen LogP contribution in [0.15, 0.2) is 95.9 Å². The van der Waals surface area contributed by atoms with Gasteiger partial charge in [-0.1, -0.05) is 24.3 Å². The van der Waals surface area contributed by atoms with Gasteiger partial charge in [0.05, 0.1) is 22.0 Å². The van der Waals surface area contributed by atoms with Gasteiger partial charge in [-0.2, -0.15) is 0 Å². The second-order valence-electron chi connectivity index (χ2n) is 8.36. The number of benzene rings is 1. The number of nitrogens with zero attached hydrogens (tertiary/aromatic N) is 3. The third kappa shape index (κ3) is 5.87. The summed E-state index contributed by atoms with van der Waals surface area (Å²) >= 11 is 0. The average molecular weight is 501 g/mol. The zero-order valence-electron chi connectivity index (χ0n) is 20.2. The quantitative estimate of drug-likeness (QED) is 0.275. The second kappa shape index (κ2) is 11.3. The number of carbonyl (C=O) groups is 2. The summed E-state index contributed by atoms with van der Waals surface area (Å²) in [5.41, 5.74) is 3.21. The number of rotatable bonds is 8. The van der Waals surface area contributed by atoms with Crippen LogP contribution in [0.2, 0.25) is 0 Å². The van der Waals surface area contributed by atoms with Crippen LogP contribution in [-0.2, 0) is 32.3 Å². The minimum atomic E-state index is -0.871. The molecule has 1 aliphatic rings. The number of nitro benzene ring substituents is 1. The molecule has 0 fully saturated rings. The fraction of sp³-hybridized carbons (Fsp3) is 0.185. The maximum Gasteiger partial charge on any atom is 0.337 e. The predicted octanol–water partition coefficient (Wildman–Crippen LogP) is 4.11. The standard InChI is InChI=1S/C27H24N4O6/c1-17-23(26(32)36-15-19-5-3-11-28-13-19)25(21-7-9-22(10-8-21)31(34)35)24(18(2)30-17)27(33)37-16-20-6-4-12-29-14-20/h3-14,25,30H,15-16H2,1-2H3. The molecule has 1 aromatic carbocycles. The van der Waals surface area contributed by atoms with Crippen molar-refractivity contribution in [3.8, 4) is 0 Å². The van der Waals surface area contributed by atoms with Crippen molar-refractivity contribution in [2.24, 2.45) is 0 Å². The predicted molar refractivity (Wildman–Crippen MR) is 132 cm³/mol. The van der Waals surface area contributed by atoms with Crippen LogP contribution in [0.3, 0.4) is 0 Å². The van der Waals surface area contributed by atoms with Crippen LogP contribution in [-0.4, -0.2) is 26.8 Å². The number of hydrogen-bond acceptors (Lipinski definition) is 9. The summed E-state index contributed by atoms with van der Waals surface area (Å²) in [6.07, 6.45) is 6.41. The molecule has 1 aliphatic heterocycles. The Kier molecular flexibility index (Phi) is 7.68. The van der Waals surface area contributed by atoms with Gasteiger partial charge < -0.3 is 14.8 Å². The molecular formula is C27H24N4O6. The fourth-order valence-corrected chi connectivity index (χ4v) is 4.08. The van der Waals surface area contributed by atoms with E-state index in [4.69, 9.17) is 9.47 Å². The third-order valence-corrected chi connectivity index (χ3v) is 5.82. The number of dihydropyridines is 1. The normalized spacial score (nSPS) is 13.7. The lowest BCUT2D eigenvalue weighted by atomic mass is 9.80. The number of allylic oxidation sites excluding steroid dienone is 2. The van der Waals surface area contributed by atoms with Gasteiger partial charge in [0, 0.05) is 59.4 Å². The molecule has 0 atom stereocenters. The summed E-state index contributed by atoms with van der Waals surface area (Å²) in [5.74, 6) is -2.14. The maximum atomic E-state index is 13.4. The minimum absolute atomic E-state index is 0.0140. The molecule has 0 radical (unpaired) electrons. The first kappa shape index (κ1) is 25.2. The molecule has 3 heterocycles. The number of hydrogen-bond donors (Lipinski definition) is 1. The Balaban J connectivity index is 1.68. The molecule has 2 aromatic heterocycles. The lowest BCUT2D eigenvalue weighted by Gasteiger charge is -2.30. The lowest BCUT2D eigenvalue weighted by Crippen LogP contribution is -2.32. The van der Waals surface area contributed by atoms with E-state index >= 15 is 0 Å². The number of aromatic nitrogens is 2. The highest BCUT2D eigenvalue weighted by atomic mass is 16.6. The van der Waals surface area contributed by atoms with Crippen molar-refractivity contribution in [1.29, 1.82) is 0 Å². The number of non-ortho nitro benzene ring substituents is 1. The molecule has 0 unspecified atom stereocenters. The molecule has 10 heteroatoms. The number of ether oxygens (including phenoxy) is 2. The van der Waals surface area contributed by atoms with Crippen LogP contribution in [0.4, 0.5) is 5.69 Å². The van der Waals surface area contributed by atoms with Crippen LogP contribution in [0, 0.1) is 10.1 Å². The Labute approximate surface area is 212 Å². The first-order valence-electron chi connectivity index (χ1n) is 11.4. The summed E-state index contributed by atoms with van der Waals surface area (Å²) in [6, 6.07) is 12.7. The number of nitrogens with one attached hydrogen (secondary N) is 1. The third-order valence-electron chi connectivity index (χ3n) is 5.82. The molecule has 10 nitrogen and oxygen atoms in total. The van der Waals surface area contributed by atoms with Crippen LogP contribution >= 0.6 is 0 Å². The smallest absolute Gasteiger partial charge is 0.337 e. The summed E-state index contributed by atoms with van der Waals surface area (Å²) in [5, 5.41) is 14.3. The molecule has 0 bridgehead atoms. The molecule has 0 saturated heterocycles. The number of pyridine rings is 2. The Morgan fingerprint density at radius 1 is 0.865 bits per heavy atom. The molecule has 37 heavy (non-hydrogen) atoms. The number of carbonyl (C=O) groups excluding carboxylic acids is 2. The van der Waals surface area contributed by atoms with Crippen LogP contribution in [0.25, 0.3) is 0 Å². The van der Waals surface area contributed by atoms with Crippen molar-refractivity contribution in [1.82, 2.24) is 15.3 Å². The van der Waals surface area contributed by atoms with E-state index in [2.05, 4.69) is 15.3 Å². The molecule has 0 amide bonds. The zero-order chi connectivity index (χ0) is 26.4. The molecule has 188 valence electrons. The first-order chi connectivity index (χ1) is 17.8. The number of esters is 2. The van der Waals surface area contributed by atoms with E-state index in [9.17, 15) is 19.7 Å². The van der Waals surface area contributed by atoms with Crippen molar-refractivity contribution in [2.45, 2.75) is 33.0 Å². The van der Waals surface area contributed by atoms with Crippen molar-refractivity contribution in [2.75, 3.05) is 0 Å². The van der Waals surface area contributed by atoms with Gasteiger partial charge in [-0.05, 0) is 31.5 Å². The van der Waals surface area contributed by atoms with E-state index in [-0.39, 0.29) is 30.0 Å². The van der Waals surface area contributed by atoms with Crippen molar-refractivity contribution >= 4 is 17.6 Å². The van der Waals surface area contributed by atoms with Crippen molar-refractivity contribution in [3.05, 3.63) is 123 Å². The summed E-state index contributed by atoms with van der Waals surface area (Å²) < 4.78 is 11.2. The van der Waals surface area contributed by atoms with Crippen LogP contribution in [0.5, 0.6) is 0 Å². The van der Waals surface area contributed by atoms with Gasteiger partial charge in [0.15, 0.2) is 0 Å². The maximum absolute atomic E-state index is 13.4. The zero-order valence-corrected chi connectivity index (χ0v) is 20.2. The largest absolute Gasteiger partial charge is 0.457 e. The van der Waals surface area contributed by atoms with Crippen molar-refractivity contribution in [3.63, 3.8) is 0 Å². The monoisotopic (exact) mass is 500 g/mol. The Bertz CT molecular complexity index is 1290. The van der Waals surface area contributed by atoms with E-state index in [0.29, 0.717) is 28.1 Å². The Morgan fingerprint density at radius 2 is 1.35 bits per heavy atom. The highest BCUT2D eigenvalue weighted by Gasteiger charge is 2.38. The Hall–Kier alpha value is -4.86. The highest BCUT2D eigenvalue weighted by molar-refractivity contribution is 5.99. The Morgan fingerprint density at radius 3 is 1.76 bits per heavy atom. The van der Waals surface area contributed by atoms with Crippen molar-refractivity contribution < 1.29 is 24.0 Å². The van der Waals surface area contributed by atoms with Gasteiger partial charge in [-0.15, -0.1) is 0 Å². The van der Waals surface area contributed by atoms with Gasteiger partial charge in [0.2, 0.25) is 0 Å². The van der Waals surface area contributed by atoms with E-state index in [0.717, 1.165) is 0 Å². The molecule has 1 N–H and O–H groups in total. The van der Waals surface area contributed by atoms with Gasteiger partial charge >= 0.3 is 11.9 Å². The first-order valence-corrected chi connectivity index (χ1v) is 11.4. The van der Waals surface area contributed by atoms with E-state index < -0.39 is 22.8 Å². The second-order valence-corrected chi connectivity index (χ2v) is 8.36. The van der Waals surface area contributed by atoms with Gasteiger partial charge in [0.1, 0.15) is 13.2 Å². The van der Waals surface area contributed by atoms with E-state index in [1.54, 1.807) is 62.9 Å². The summed E-state index contributed by atoms with van der Waals surface area (Å²) in [6.45, 7) is 3.39. The molecule has 0 aliphatic carbocycles. The molecule has 3 aromatic rings. The highest BCUT2D eigenvalue weighted by Crippen LogP contribution is 2.40. The van der Waals surface area contributed by atoms with E-state index in [1.807, 2.05) is 0 Å². The molecule has 4 rings (SSSR count). The van der Waals surface area contributed by atoms with Gasteiger partial charge in [-0.25, -0.2) is 9.59 Å². The van der Waals surface area contributed by atoms with E-state index in [1.165, 1.54) is 24.3 Å². The minimum Gasteiger partial charge on any atom is -0.457 e. The lowest BCUT2D eigenvalue weighted by molar-refractivity contribution is -0.384. The molecule has 0 spiro atoms. The average Bonchev–Trinajstić information content (AvgIpc) is 2.91. The SMILES string of the molecule is CC1=C(C(=O)OCc2cccnc2)C(c2ccc([N+](=O)[O-])cc2)C(C(=O)OCc2cccnc2)=C(C)N1. The molecule has 0 saturated carbocycles.